The molecule has 0 spiro atoms. The summed E-state index contributed by atoms with van der Waals surface area (Å²) in [5.41, 5.74) is -2.78. The van der Waals surface area contributed by atoms with Crippen molar-refractivity contribution < 1.29 is 19.4 Å². The van der Waals surface area contributed by atoms with E-state index in [2.05, 4.69) is 0 Å². The van der Waals surface area contributed by atoms with E-state index in [0.29, 0.717) is 25.7 Å². The van der Waals surface area contributed by atoms with E-state index < -0.39 is 28.2 Å². The van der Waals surface area contributed by atoms with Gasteiger partial charge in [-0.1, -0.05) is 19.4 Å². The Morgan fingerprint density at radius 1 is 1.12 bits per heavy atom. The van der Waals surface area contributed by atoms with Crippen molar-refractivity contribution in [3.63, 3.8) is 0 Å². The minimum Gasteiger partial charge on any atom is -0.392 e. The van der Waals surface area contributed by atoms with Crippen LogP contribution in [0.25, 0.3) is 0 Å². The minimum atomic E-state index is -1.48. The molecule has 0 heterocycles. The number of aliphatic hydroxyl groups excluding tert-OH is 1. The number of carbonyl (C=O) groups excluding carboxylic acids is 1. The number of halogens is 1. The van der Waals surface area contributed by atoms with Crippen molar-refractivity contribution in [1.29, 1.82) is 0 Å². The molecule has 4 aliphatic carbocycles. The second-order valence-corrected chi connectivity index (χ2v) is 9.40. The third-order valence-corrected chi connectivity index (χ3v) is 8.69. The van der Waals surface area contributed by atoms with E-state index in [4.69, 9.17) is 0 Å². The van der Waals surface area contributed by atoms with Gasteiger partial charge in [-0.3, -0.25) is 4.79 Å². The standard InChI is InChI=1S/C20H29FO3/c1-17-8-6-13(22)10-12(17)4-5-15-14-7-9-18(2,24)19(14,3)16(23)11-20(15,17)21/h10,14-16,23-24H,4-9,11H2,1-3H3. The van der Waals surface area contributed by atoms with Crippen LogP contribution in [-0.2, 0) is 4.79 Å². The van der Waals surface area contributed by atoms with Gasteiger partial charge in [-0.15, -0.1) is 0 Å². The molecule has 24 heavy (non-hydrogen) atoms. The molecule has 0 aromatic heterocycles. The molecule has 0 radical (unpaired) electrons. The van der Waals surface area contributed by atoms with Gasteiger partial charge in [-0.05, 0) is 56.9 Å². The first-order valence-corrected chi connectivity index (χ1v) is 9.39. The number of aliphatic hydroxyl groups is 2. The zero-order chi connectivity index (χ0) is 17.5. The molecule has 7 unspecified atom stereocenters. The second-order valence-electron chi connectivity index (χ2n) is 9.40. The maximum atomic E-state index is 16.6. The molecule has 4 heteroatoms. The van der Waals surface area contributed by atoms with Crippen molar-refractivity contribution in [2.75, 3.05) is 0 Å². The highest BCUT2D eigenvalue weighted by Crippen LogP contribution is 2.70. The first kappa shape index (κ1) is 16.7. The number of alkyl halides is 1. The Morgan fingerprint density at radius 3 is 2.54 bits per heavy atom. The summed E-state index contributed by atoms with van der Waals surface area (Å²) in [4.78, 5) is 11.8. The van der Waals surface area contributed by atoms with Crippen LogP contribution in [0.5, 0.6) is 0 Å². The van der Waals surface area contributed by atoms with Crippen molar-refractivity contribution in [1.82, 2.24) is 0 Å². The predicted molar refractivity (Wildman–Crippen MR) is 89.1 cm³/mol. The van der Waals surface area contributed by atoms with Crippen molar-refractivity contribution in [3.8, 4) is 0 Å². The Hall–Kier alpha value is -0.740. The van der Waals surface area contributed by atoms with E-state index >= 15 is 4.39 Å². The highest BCUT2D eigenvalue weighted by atomic mass is 19.1. The average Bonchev–Trinajstić information content (AvgIpc) is 2.74. The molecule has 0 aromatic carbocycles. The normalized spacial score (nSPS) is 57.0. The first-order valence-electron chi connectivity index (χ1n) is 9.39. The fourth-order valence-corrected chi connectivity index (χ4v) is 6.75. The molecular formula is C20H29FO3. The van der Waals surface area contributed by atoms with Crippen LogP contribution in [0.1, 0.15) is 65.7 Å². The van der Waals surface area contributed by atoms with Crippen LogP contribution in [-0.4, -0.2) is 33.4 Å². The highest BCUT2D eigenvalue weighted by molar-refractivity contribution is 5.91. The van der Waals surface area contributed by atoms with E-state index in [-0.39, 0.29) is 24.0 Å². The zero-order valence-corrected chi connectivity index (χ0v) is 14.9. The van der Waals surface area contributed by atoms with Gasteiger partial charge in [0, 0.05) is 23.7 Å². The summed E-state index contributed by atoms with van der Waals surface area (Å²) in [5, 5.41) is 21.8. The van der Waals surface area contributed by atoms with Crippen LogP contribution < -0.4 is 0 Å². The number of allylic oxidation sites excluding steroid dienone is 1. The Morgan fingerprint density at radius 2 is 1.83 bits per heavy atom. The molecule has 3 fully saturated rings. The smallest absolute Gasteiger partial charge is 0.155 e. The fraction of sp³-hybridized carbons (Fsp3) is 0.850. The van der Waals surface area contributed by atoms with Crippen molar-refractivity contribution in [2.45, 2.75) is 83.1 Å². The maximum absolute atomic E-state index is 16.6. The Labute approximate surface area is 143 Å². The zero-order valence-electron chi connectivity index (χ0n) is 14.9. The van der Waals surface area contributed by atoms with Gasteiger partial charge in [-0.2, -0.15) is 0 Å². The summed E-state index contributed by atoms with van der Waals surface area (Å²) in [6.45, 7) is 5.71. The number of fused-ring (bicyclic) bond motifs is 5. The Kier molecular flexibility index (Phi) is 3.27. The summed E-state index contributed by atoms with van der Waals surface area (Å²) >= 11 is 0. The molecule has 2 N–H and O–H groups in total. The number of hydrogen-bond donors (Lipinski definition) is 2. The molecule has 0 saturated heterocycles. The van der Waals surface area contributed by atoms with Gasteiger partial charge in [0.05, 0.1) is 11.7 Å². The van der Waals surface area contributed by atoms with Crippen LogP contribution in [0.15, 0.2) is 11.6 Å². The molecule has 0 amide bonds. The van der Waals surface area contributed by atoms with Crippen molar-refractivity contribution >= 4 is 5.78 Å². The van der Waals surface area contributed by atoms with Crippen LogP contribution in [0, 0.1) is 22.7 Å². The molecule has 0 aromatic rings. The van der Waals surface area contributed by atoms with Gasteiger partial charge in [0.25, 0.3) is 0 Å². The maximum Gasteiger partial charge on any atom is 0.155 e. The number of carbonyl (C=O) groups is 1. The summed E-state index contributed by atoms with van der Waals surface area (Å²) in [7, 11) is 0. The molecule has 3 saturated carbocycles. The summed E-state index contributed by atoms with van der Waals surface area (Å²) in [6.07, 6.45) is 4.70. The van der Waals surface area contributed by atoms with Gasteiger partial charge in [-0.25, -0.2) is 4.39 Å². The molecule has 0 aliphatic heterocycles. The lowest BCUT2D eigenvalue weighted by molar-refractivity contribution is -0.221. The molecule has 4 rings (SSSR count). The SMILES string of the molecule is CC1(O)CCC2C3CCC4=CC(=O)CCC4(C)C3(F)CC(O)C21C. The first-order chi connectivity index (χ1) is 11.1. The van der Waals surface area contributed by atoms with Crippen LogP contribution in [0.3, 0.4) is 0 Å². The topological polar surface area (TPSA) is 57.5 Å². The second kappa shape index (κ2) is 4.70. The lowest BCUT2D eigenvalue weighted by atomic mass is 9.44. The molecule has 4 aliphatic rings. The third kappa shape index (κ3) is 1.72. The third-order valence-electron chi connectivity index (χ3n) is 8.69. The quantitative estimate of drug-likeness (QED) is 0.713. The molecule has 0 bridgehead atoms. The predicted octanol–water partition coefficient (Wildman–Crippen LogP) is 3.33. The molecule has 3 nitrogen and oxygen atoms in total. The van der Waals surface area contributed by atoms with Crippen LogP contribution in [0.4, 0.5) is 4.39 Å². The summed E-state index contributed by atoms with van der Waals surface area (Å²) in [5.74, 6) is -0.0398. The minimum absolute atomic E-state index is 0.00254. The lowest BCUT2D eigenvalue weighted by Gasteiger charge is -2.63. The summed E-state index contributed by atoms with van der Waals surface area (Å²) < 4.78 is 16.6. The van der Waals surface area contributed by atoms with Gasteiger partial charge < -0.3 is 10.2 Å². The average molecular weight is 336 g/mol. The van der Waals surface area contributed by atoms with E-state index in [0.717, 1.165) is 18.4 Å². The number of ketones is 1. The molecule has 134 valence electrons. The number of rotatable bonds is 0. The fourth-order valence-electron chi connectivity index (χ4n) is 6.75. The van der Waals surface area contributed by atoms with Crippen molar-refractivity contribution in [3.05, 3.63) is 11.6 Å². The Balaban J connectivity index is 1.81. The van der Waals surface area contributed by atoms with Gasteiger partial charge in [0.1, 0.15) is 5.67 Å². The van der Waals surface area contributed by atoms with E-state index in [1.54, 1.807) is 13.0 Å². The van der Waals surface area contributed by atoms with E-state index in [9.17, 15) is 15.0 Å². The largest absolute Gasteiger partial charge is 0.392 e. The highest BCUT2D eigenvalue weighted by Gasteiger charge is 2.71. The van der Waals surface area contributed by atoms with Gasteiger partial charge in [0.2, 0.25) is 0 Å². The van der Waals surface area contributed by atoms with E-state index in [1.807, 2.05) is 13.8 Å². The lowest BCUT2D eigenvalue weighted by Crippen LogP contribution is -2.67. The molecular weight excluding hydrogens is 307 g/mol. The Bertz CT molecular complexity index is 626. The van der Waals surface area contributed by atoms with Crippen molar-refractivity contribution in [2.24, 2.45) is 22.7 Å². The van der Waals surface area contributed by atoms with Gasteiger partial charge >= 0.3 is 0 Å². The van der Waals surface area contributed by atoms with E-state index in [1.165, 1.54) is 0 Å². The van der Waals surface area contributed by atoms with Gasteiger partial charge in [0.15, 0.2) is 5.78 Å². The summed E-state index contributed by atoms with van der Waals surface area (Å²) in [6, 6.07) is 0. The molecule has 7 atom stereocenters. The monoisotopic (exact) mass is 336 g/mol. The van der Waals surface area contributed by atoms with Crippen LogP contribution >= 0.6 is 0 Å². The number of hydrogen-bond acceptors (Lipinski definition) is 3. The van der Waals surface area contributed by atoms with Crippen LogP contribution in [0.2, 0.25) is 0 Å².